The molecule has 4 rings (SSSR count). The van der Waals surface area contributed by atoms with Crippen LogP contribution in [0.5, 0.6) is 17.2 Å². The van der Waals surface area contributed by atoms with Crippen LogP contribution in [0.1, 0.15) is 21.5 Å². The summed E-state index contributed by atoms with van der Waals surface area (Å²) in [5, 5.41) is 14.0. The minimum absolute atomic E-state index is 0.0548. The zero-order chi connectivity index (χ0) is 28.3. The maximum Gasteiger partial charge on any atom is 0.340 e. The summed E-state index contributed by atoms with van der Waals surface area (Å²) >= 11 is 0. The van der Waals surface area contributed by atoms with Gasteiger partial charge in [-0.2, -0.15) is 10.1 Å². The van der Waals surface area contributed by atoms with Crippen LogP contribution in [0.4, 0.5) is 5.95 Å². The normalized spacial score (nSPS) is 11.2. The maximum atomic E-state index is 13.1. The minimum atomic E-state index is -1.22. The number of nitrogens with zero attached hydrogens (tertiary/aromatic N) is 5. The van der Waals surface area contributed by atoms with Crippen LogP contribution in [0.2, 0.25) is 0 Å². The number of hydrazone groups is 1. The number of carboxylic acid groups (broad SMARTS) is 1. The van der Waals surface area contributed by atoms with Crippen molar-refractivity contribution in [2.45, 2.75) is 13.0 Å². The van der Waals surface area contributed by atoms with Gasteiger partial charge in [-0.3, -0.25) is 13.9 Å². The highest BCUT2D eigenvalue weighted by Crippen LogP contribution is 2.33. The first kappa shape index (κ1) is 27.0. The number of benzene rings is 2. The zero-order valence-electron chi connectivity index (χ0n) is 22.1. The van der Waals surface area contributed by atoms with E-state index in [4.69, 9.17) is 14.2 Å². The molecule has 2 aromatic carbocycles. The molecule has 0 spiro atoms. The maximum absolute atomic E-state index is 13.1. The van der Waals surface area contributed by atoms with Crippen molar-refractivity contribution in [1.29, 1.82) is 0 Å². The molecule has 0 radical (unpaired) electrons. The summed E-state index contributed by atoms with van der Waals surface area (Å²) in [4.78, 5) is 42.0. The largest absolute Gasteiger partial charge is 0.497 e. The Morgan fingerprint density at radius 3 is 2.36 bits per heavy atom. The van der Waals surface area contributed by atoms with Crippen molar-refractivity contribution in [3.8, 4) is 17.2 Å². The lowest BCUT2D eigenvalue weighted by Gasteiger charge is -2.12. The minimum Gasteiger partial charge on any atom is -0.497 e. The molecule has 2 heterocycles. The summed E-state index contributed by atoms with van der Waals surface area (Å²) in [6.45, 7) is 0.338. The predicted molar refractivity (Wildman–Crippen MR) is 145 cm³/mol. The van der Waals surface area contributed by atoms with E-state index in [1.165, 1.54) is 45.2 Å². The SMILES string of the molecule is COc1ccc(CCn2c(N/N=C/c3ccc(OC)c(OC)c3C(=O)O)nc3c2c(=O)n(C)c(=O)n3C)cc1. The molecule has 0 amide bonds. The number of anilines is 1. The lowest BCUT2D eigenvalue weighted by Crippen LogP contribution is -2.37. The molecule has 2 N–H and O–H groups in total. The summed E-state index contributed by atoms with van der Waals surface area (Å²) in [6.07, 6.45) is 1.84. The highest BCUT2D eigenvalue weighted by atomic mass is 16.5. The number of methoxy groups -OCH3 is 3. The van der Waals surface area contributed by atoms with Gasteiger partial charge < -0.3 is 23.9 Å². The van der Waals surface area contributed by atoms with Crippen molar-refractivity contribution in [3.05, 3.63) is 73.9 Å². The van der Waals surface area contributed by atoms with Gasteiger partial charge in [0, 0.05) is 26.2 Å². The molecule has 0 saturated heterocycles. The van der Waals surface area contributed by atoms with E-state index in [9.17, 15) is 19.5 Å². The quantitative estimate of drug-likeness (QED) is 0.228. The Morgan fingerprint density at radius 2 is 1.74 bits per heavy atom. The van der Waals surface area contributed by atoms with Crippen molar-refractivity contribution in [2.24, 2.45) is 19.2 Å². The van der Waals surface area contributed by atoms with Crippen LogP contribution in [0, 0.1) is 0 Å². The average Bonchev–Trinajstić information content (AvgIpc) is 3.31. The molecular formula is C26H28N6O7. The van der Waals surface area contributed by atoms with Crippen molar-refractivity contribution in [3.63, 3.8) is 0 Å². The Balaban J connectivity index is 1.75. The molecule has 0 saturated carbocycles. The zero-order valence-corrected chi connectivity index (χ0v) is 22.1. The van der Waals surface area contributed by atoms with E-state index in [0.29, 0.717) is 13.0 Å². The Kier molecular flexibility index (Phi) is 7.70. The second-order valence-corrected chi connectivity index (χ2v) is 8.50. The molecule has 39 heavy (non-hydrogen) atoms. The van der Waals surface area contributed by atoms with Crippen molar-refractivity contribution in [2.75, 3.05) is 26.8 Å². The number of nitrogens with one attached hydrogen (secondary N) is 1. The second-order valence-electron chi connectivity index (χ2n) is 8.50. The fourth-order valence-electron chi connectivity index (χ4n) is 4.21. The van der Waals surface area contributed by atoms with Crippen LogP contribution in [0.3, 0.4) is 0 Å². The van der Waals surface area contributed by atoms with Gasteiger partial charge in [-0.05, 0) is 36.2 Å². The third-order valence-electron chi connectivity index (χ3n) is 6.29. The van der Waals surface area contributed by atoms with E-state index in [2.05, 4.69) is 15.5 Å². The molecule has 0 bridgehead atoms. The Bertz CT molecular complexity index is 1680. The topological polar surface area (TPSA) is 151 Å². The van der Waals surface area contributed by atoms with Crippen LogP contribution in [-0.4, -0.2) is 57.3 Å². The van der Waals surface area contributed by atoms with Gasteiger partial charge in [0.1, 0.15) is 11.3 Å². The van der Waals surface area contributed by atoms with E-state index in [-0.39, 0.29) is 39.7 Å². The number of ether oxygens (including phenoxy) is 3. The van der Waals surface area contributed by atoms with Gasteiger partial charge in [-0.15, -0.1) is 0 Å². The number of imidazole rings is 1. The Morgan fingerprint density at radius 1 is 1.03 bits per heavy atom. The van der Waals surface area contributed by atoms with Gasteiger partial charge >= 0.3 is 11.7 Å². The van der Waals surface area contributed by atoms with Crippen LogP contribution in [0.15, 0.2) is 51.1 Å². The van der Waals surface area contributed by atoms with E-state index in [1.54, 1.807) is 17.7 Å². The molecule has 2 aromatic heterocycles. The van der Waals surface area contributed by atoms with E-state index in [0.717, 1.165) is 15.9 Å². The van der Waals surface area contributed by atoms with Crippen LogP contribution >= 0.6 is 0 Å². The first-order valence-corrected chi connectivity index (χ1v) is 11.8. The van der Waals surface area contributed by atoms with Gasteiger partial charge in [0.25, 0.3) is 5.56 Å². The Hall–Kier alpha value is -5.07. The average molecular weight is 537 g/mol. The molecular weight excluding hydrogens is 508 g/mol. The first-order chi connectivity index (χ1) is 18.7. The summed E-state index contributed by atoms with van der Waals surface area (Å²) in [6, 6.07) is 10.6. The number of hydrogen-bond acceptors (Lipinski definition) is 9. The highest BCUT2D eigenvalue weighted by molar-refractivity contribution is 6.02. The molecule has 0 fully saturated rings. The lowest BCUT2D eigenvalue weighted by molar-refractivity contribution is 0.0692. The number of fused-ring (bicyclic) bond motifs is 1. The number of aryl methyl sites for hydroxylation is 3. The van der Waals surface area contributed by atoms with Gasteiger partial charge in [-0.25, -0.2) is 15.0 Å². The van der Waals surface area contributed by atoms with Gasteiger partial charge in [0.05, 0.1) is 27.5 Å². The smallest absolute Gasteiger partial charge is 0.340 e. The monoisotopic (exact) mass is 536 g/mol. The third-order valence-corrected chi connectivity index (χ3v) is 6.29. The molecule has 0 aliphatic heterocycles. The molecule has 0 aliphatic carbocycles. The van der Waals surface area contributed by atoms with Crippen LogP contribution < -0.4 is 30.9 Å². The standard InChI is InChI=1S/C26H28N6O7/c1-30-22-20(23(33)31(2)26(30)36)32(13-12-15-6-9-17(37-3)10-7-15)25(28-22)29-27-14-16-8-11-18(38-4)21(39-5)19(16)24(34)35/h6-11,14H,12-13H2,1-5H3,(H,28,29)(H,34,35)/b27-14+. The number of hydrogen-bond donors (Lipinski definition) is 2. The van der Waals surface area contributed by atoms with Gasteiger partial charge in [0.2, 0.25) is 5.95 Å². The summed E-state index contributed by atoms with van der Waals surface area (Å²) in [5.74, 6) is 0.0161. The predicted octanol–water partition coefficient (Wildman–Crippen LogP) is 1.85. The van der Waals surface area contributed by atoms with Crippen molar-refractivity contribution < 1.29 is 24.1 Å². The summed E-state index contributed by atoms with van der Waals surface area (Å²) in [5.41, 5.74) is 3.31. The molecule has 0 unspecified atom stereocenters. The van der Waals surface area contributed by atoms with E-state index < -0.39 is 17.2 Å². The van der Waals surface area contributed by atoms with Crippen LogP contribution in [0.25, 0.3) is 11.2 Å². The Labute approximate surface area is 222 Å². The molecule has 0 atom stereocenters. The molecule has 0 aliphatic rings. The second kappa shape index (κ2) is 11.1. The van der Waals surface area contributed by atoms with Crippen molar-refractivity contribution >= 4 is 29.3 Å². The molecule has 13 nitrogen and oxygen atoms in total. The fourth-order valence-corrected chi connectivity index (χ4v) is 4.21. The summed E-state index contributed by atoms with van der Waals surface area (Å²) in [7, 11) is 7.28. The number of carbonyl (C=O) groups is 1. The molecule has 13 heteroatoms. The van der Waals surface area contributed by atoms with Crippen LogP contribution in [-0.2, 0) is 27.1 Å². The van der Waals surface area contributed by atoms with Crippen molar-refractivity contribution in [1.82, 2.24) is 18.7 Å². The molecule has 204 valence electrons. The summed E-state index contributed by atoms with van der Waals surface area (Å²) < 4.78 is 19.6. The van der Waals surface area contributed by atoms with Gasteiger partial charge in [0.15, 0.2) is 22.7 Å². The number of carboxylic acids is 1. The number of aromatic carboxylic acids is 1. The molecule has 4 aromatic rings. The van der Waals surface area contributed by atoms with E-state index >= 15 is 0 Å². The lowest BCUT2D eigenvalue weighted by atomic mass is 10.1. The van der Waals surface area contributed by atoms with E-state index in [1.807, 2.05) is 24.3 Å². The van der Waals surface area contributed by atoms with Gasteiger partial charge in [-0.1, -0.05) is 12.1 Å². The first-order valence-electron chi connectivity index (χ1n) is 11.8. The fraction of sp³-hybridized carbons (Fsp3) is 0.269. The number of rotatable bonds is 10. The number of aromatic nitrogens is 4. The third kappa shape index (κ3) is 5.06. The highest BCUT2D eigenvalue weighted by Gasteiger charge is 2.21.